The number of nitrogens with zero attached hydrogens (tertiary/aromatic N) is 3. The fraction of sp³-hybridized carbons (Fsp3) is 0.188. The highest BCUT2D eigenvalue weighted by atomic mass is 35.5. The first-order chi connectivity index (χ1) is 11.2. The topological polar surface area (TPSA) is 75.6 Å². The fourth-order valence-corrected chi connectivity index (χ4v) is 2.39. The molecule has 0 spiro atoms. The van der Waals surface area contributed by atoms with Gasteiger partial charge >= 0.3 is 0 Å². The minimum atomic E-state index is -0.207. The van der Waals surface area contributed by atoms with Crippen molar-refractivity contribution < 1.29 is 4.79 Å². The number of nitrogens with one attached hydrogen (secondary N) is 2. The van der Waals surface area contributed by atoms with E-state index in [0.29, 0.717) is 23.0 Å². The van der Waals surface area contributed by atoms with E-state index in [1.54, 1.807) is 24.4 Å². The van der Waals surface area contributed by atoms with Gasteiger partial charge in [0.05, 0.1) is 17.9 Å². The highest BCUT2D eigenvalue weighted by molar-refractivity contribution is 6.30. The number of hydrogen-bond acceptors (Lipinski definition) is 3. The standard InChI is InChI=1S/C16H16ClN5O/c1-2-22-13(7-8-19-22)10-18-16(23)15-9-14(20-21-15)11-3-5-12(17)6-4-11/h3-9H,2,10H2,1H3,(H,18,23)(H,20,21). The Morgan fingerprint density at radius 3 is 2.83 bits per heavy atom. The number of aromatic amines is 1. The fourth-order valence-electron chi connectivity index (χ4n) is 2.27. The van der Waals surface area contributed by atoms with E-state index in [1.165, 1.54) is 0 Å². The number of amides is 1. The van der Waals surface area contributed by atoms with E-state index >= 15 is 0 Å². The summed E-state index contributed by atoms with van der Waals surface area (Å²) in [4.78, 5) is 12.2. The van der Waals surface area contributed by atoms with E-state index in [1.807, 2.05) is 29.8 Å². The number of aromatic nitrogens is 4. The Kier molecular flexibility index (Phi) is 4.43. The number of carbonyl (C=O) groups excluding carboxylic acids is 1. The molecule has 3 rings (SSSR count). The Balaban J connectivity index is 1.68. The molecule has 0 radical (unpaired) electrons. The summed E-state index contributed by atoms with van der Waals surface area (Å²) >= 11 is 5.87. The molecule has 2 heterocycles. The molecule has 0 saturated heterocycles. The van der Waals surface area contributed by atoms with Crippen LogP contribution in [0.5, 0.6) is 0 Å². The smallest absolute Gasteiger partial charge is 0.269 e. The number of benzene rings is 1. The molecule has 118 valence electrons. The molecule has 0 saturated carbocycles. The lowest BCUT2D eigenvalue weighted by Gasteiger charge is -2.05. The Morgan fingerprint density at radius 1 is 1.30 bits per heavy atom. The third-order valence-corrected chi connectivity index (χ3v) is 3.75. The van der Waals surface area contributed by atoms with Crippen LogP contribution in [-0.2, 0) is 13.1 Å². The zero-order valence-corrected chi connectivity index (χ0v) is 13.3. The third kappa shape index (κ3) is 3.43. The first-order valence-corrected chi connectivity index (χ1v) is 7.65. The molecule has 0 aliphatic rings. The third-order valence-electron chi connectivity index (χ3n) is 3.50. The van der Waals surface area contributed by atoms with Gasteiger partial charge in [0.25, 0.3) is 5.91 Å². The highest BCUT2D eigenvalue weighted by Gasteiger charge is 2.11. The summed E-state index contributed by atoms with van der Waals surface area (Å²) in [5, 5.41) is 14.6. The van der Waals surface area contributed by atoms with Crippen LogP contribution in [-0.4, -0.2) is 25.9 Å². The second-order valence-electron chi connectivity index (χ2n) is 4.99. The average Bonchev–Trinajstić information content (AvgIpc) is 3.22. The quantitative estimate of drug-likeness (QED) is 0.755. The molecule has 3 aromatic rings. The Morgan fingerprint density at radius 2 is 2.09 bits per heavy atom. The summed E-state index contributed by atoms with van der Waals surface area (Å²) in [6, 6.07) is 10.9. The molecule has 0 aliphatic heterocycles. The van der Waals surface area contributed by atoms with E-state index in [-0.39, 0.29) is 5.91 Å². The van der Waals surface area contributed by atoms with E-state index in [9.17, 15) is 4.79 Å². The maximum absolute atomic E-state index is 12.2. The average molecular weight is 330 g/mol. The van der Waals surface area contributed by atoms with E-state index in [0.717, 1.165) is 17.8 Å². The van der Waals surface area contributed by atoms with Crippen LogP contribution in [0.4, 0.5) is 0 Å². The highest BCUT2D eigenvalue weighted by Crippen LogP contribution is 2.20. The van der Waals surface area contributed by atoms with Crippen LogP contribution < -0.4 is 5.32 Å². The van der Waals surface area contributed by atoms with Gasteiger partial charge in [-0.15, -0.1) is 0 Å². The largest absolute Gasteiger partial charge is 0.345 e. The minimum Gasteiger partial charge on any atom is -0.345 e. The molecule has 7 heteroatoms. The summed E-state index contributed by atoms with van der Waals surface area (Å²) in [5.41, 5.74) is 2.97. The molecular weight excluding hydrogens is 314 g/mol. The minimum absolute atomic E-state index is 0.207. The van der Waals surface area contributed by atoms with Crippen molar-refractivity contribution in [3.05, 3.63) is 59.0 Å². The number of aryl methyl sites for hydroxylation is 1. The van der Waals surface area contributed by atoms with Crippen molar-refractivity contribution in [2.75, 3.05) is 0 Å². The molecule has 1 amide bonds. The number of hydrogen-bond donors (Lipinski definition) is 2. The maximum Gasteiger partial charge on any atom is 0.269 e. The Labute approximate surface area is 138 Å². The van der Waals surface area contributed by atoms with Gasteiger partial charge in [-0.1, -0.05) is 23.7 Å². The molecule has 0 fully saturated rings. The first kappa shape index (κ1) is 15.3. The van der Waals surface area contributed by atoms with Crippen molar-refractivity contribution >= 4 is 17.5 Å². The van der Waals surface area contributed by atoms with Crippen LogP contribution in [0, 0.1) is 0 Å². The van der Waals surface area contributed by atoms with Crippen molar-refractivity contribution in [3.8, 4) is 11.3 Å². The molecule has 0 aliphatic carbocycles. The molecule has 2 aromatic heterocycles. The molecular formula is C16H16ClN5O. The van der Waals surface area contributed by atoms with Crippen LogP contribution in [0.2, 0.25) is 5.02 Å². The van der Waals surface area contributed by atoms with Gasteiger partial charge < -0.3 is 5.32 Å². The van der Waals surface area contributed by atoms with Gasteiger partial charge in [-0.2, -0.15) is 10.2 Å². The van der Waals surface area contributed by atoms with Gasteiger partial charge in [0.15, 0.2) is 0 Å². The van der Waals surface area contributed by atoms with Crippen molar-refractivity contribution in [3.63, 3.8) is 0 Å². The zero-order chi connectivity index (χ0) is 16.2. The van der Waals surface area contributed by atoms with Crippen LogP contribution >= 0.6 is 11.6 Å². The molecule has 0 bridgehead atoms. The number of rotatable bonds is 5. The van der Waals surface area contributed by atoms with E-state index in [2.05, 4.69) is 20.6 Å². The molecule has 6 nitrogen and oxygen atoms in total. The Hall–Kier alpha value is -2.60. The SMILES string of the molecule is CCn1nccc1CNC(=O)c1cc(-c2ccc(Cl)cc2)n[nH]1. The normalized spacial score (nSPS) is 10.7. The van der Waals surface area contributed by atoms with Crippen molar-refractivity contribution in [1.29, 1.82) is 0 Å². The van der Waals surface area contributed by atoms with E-state index in [4.69, 9.17) is 11.6 Å². The monoisotopic (exact) mass is 329 g/mol. The van der Waals surface area contributed by atoms with Gasteiger partial charge in [0.2, 0.25) is 0 Å². The lowest BCUT2D eigenvalue weighted by molar-refractivity contribution is 0.0945. The van der Waals surface area contributed by atoms with Crippen LogP contribution in [0.25, 0.3) is 11.3 Å². The van der Waals surface area contributed by atoms with Gasteiger partial charge in [-0.05, 0) is 31.2 Å². The van der Waals surface area contributed by atoms with Crippen molar-refractivity contribution in [1.82, 2.24) is 25.3 Å². The summed E-state index contributed by atoms with van der Waals surface area (Å²) in [7, 11) is 0. The molecule has 2 N–H and O–H groups in total. The van der Waals surface area contributed by atoms with Gasteiger partial charge in [0, 0.05) is 23.3 Å². The summed E-state index contributed by atoms with van der Waals surface area (Å²) in [5.74, 6) is -0.207. The van der Waals surface area contributed by atoms with Crippen LogP contribution in [0.3, 0.4) is 0 Å². The number of halogens is 1. The summed E-state index contributed by atoms with van der Waals surface area (Å²) < 4.78 is 1.84. The molecule has 1 aromatic carbocycles. The summed E-state index contributed by atoms with van der Waals surface area (Å²) in [6.07, 6.45) is 1.72. The van der Waals surface area contributed by atoms with Gasteiger partial charge in [-0.3, -0.25) is 14.6 Å². The molecule has 0 atom stereocenters. The predicted molar refractivity (Wildman–Crippen MR) is 88.1 cm³/mol. The lowest BCUT2D eigenvalue weighted by Crippen LogP contribution is -2.24. The van der Waals surface area contributed by atoms with Crippen LogP contribution in [0.1, 0.15) is 23.1 Å². The van der Waals surface area contributed by atoms with Crippen molar-refractivity contribution in [2.24, 2.45) is 0 Å². The van der Waals surface area contributed by atoms with Gasteiger partial charge in [0.1, 0.15) is 5.69 Å². The van der Waals surface area contributed by atoms with Gasteiger partial charge in [-0.25, -0.2) is 0 Å². The molecule has 0 unspecified atom stereocenters. The second-order valence-corrected chi connectivity index (χ2v) is 5.43. The Bertz CT molecular complexity index is 806. The zero-order valence-electron chi connectivity index (χ0n) is 12.6. The number of H-pyrrole nitrogens is 1. The lowest BCUT2D eigenvalue weighted by atomic mass is 10.1. The number of carbonyl (C=O) groups is 1. The maximum atomic E-state index is 12.2. The summed E-state index contributed by atoms with van der Waals surface area (Å²) in [6.45, 7) is 3.19. The van der Waals surface area contributed by atoms with Crippen LogP contribution in [0.15, 0.2) is 42.6 Å². The van der Waals surface area contributed by atoms with E-state index < -0.39 is 0 Å². The first-order valence-electron chi connectivity index (χ1n) is 7.27. The second kappa shape index (κ2) is 6.66. The predicted octanol–water partition coefficient (Wildman–Crippen LogP) is 2.88. The molecule has 23 heavy (non-hydrogen) atoms. The van der Waals surface area contributed by atoms with Crippen molar-refractivity contribution in [2.45, 2.75) is 20.0 Å².